The number of halogens is 1. The van der Waals surface area contributed by atoms with E-state index in [0.717, 1.165) is 55.1 Å². The zero-order valence-corrected chi connectivity index (χ0v) is 15.8. The van der Waals surface area contributed by atoms with Crippen molar-refractivity contribution >= 4 is 17.3 Å². The fraction of sp³-hybridized carbons (Fsp3) is 0.429. The Morgan fingerprint density at radius 1 is 1.04 bits per heavy atom. The molecule has 0 radical (unpaired) electrons. The molecule has 134 valence electrons. The van der Waals surface area contributed by atoms with E-state index in [1.165, 1.54) is 0 Å². The van der Waals surface area contributed by atoms with Gasteiger partial charge in [0.15, 0.2) is 0 Å². The van der Waals surface area contributed by atoms with Gasteiger partial charge in [0.25, 0.3) is 0 Å². The smallest absolute Gasteiger partial charge is 0.0802 e. The van der Waals surface area contributed by atoms with Crippen molar-refractivity contribution in [1.82, 2.24) is 4.90 Å². The summed E-state index contributed by atoms with van der Waals surface area (Å²) in [5.74, 6) is 0. The molecule has 0 bridgehead atoms. The summed E-state index contributed by atoms with van der Waals surface area (Å²) >= 11 is 6.69. The van der Waals surface area contributed by atoms with Crippen LogP contribution in [0.15, 0.2) is 42.5 Å². The van der Waals surface area contributed by atoms with Gasteiger partial charge in [0, 0.05) is 43.0 Å². The van der Waals surface area contributed by atoms with Crippen LogP contribution >= 0.6 is 11.6 Å². The van der Waals surface area contributed by atoms with Gasteiger partial charge in [-0.1, -0.05) is 55.8 Å². The Balaban J connectivity index is 2.01. The molecule has 3 rings (SSSR count). The van der Waals surface area contributed by atoms with Crippen molar-refractivity contribution in [1.29, 1.82) is 0 Å². The first-order chi connectivity index (χ1) is 12.1. The normalized spacial score (nSPS) is 16.9. The van der Waals surface area contributed by atoms with Gasteiger partial charge in [-0.2, -0.15) is 0 Å². The van der Waals surface area contributed by atoms with Crippen LogP contribution in [0.3, 0.4) is 0 Å². The van der Waals surface area contributed by atoms with E-state index < -0.39 is 6.10 Å². The lowest BCUT2D eigenvalue weighted by atomic mass is 9.97. The number of anilines is 1. The van der Waals surface area contributed by atoms with Gasteiger partial charge in [-0.05, 0) is 30.7 Å². The Labute approximate surface area is 155 Å². The van der Waals surface area contributed by atoms with Crippen molar-refractivity contribution in [3.63, 3.8) is 0 Å². The average Bonchev–Trinajstić information content (AvgIpc) is 2.68. The molecular weight excluding hydrogens is 332 g/mol. The van der Waals surface area contributed by atoms with Crippen molar-refractivity contribution in [2.45, 2.75) is 26.4 Å². The fourth-order valence-corrected chi connectivity index (χ4v) is 3.77. The van der Waals surface area contributed by atoms with Gasteiger partial charge in [0.05, 0.1) is 11.1 Å². The maximum absolute atomic E-state index is 10.5. The predicted molar refractivity (Wildman–Crippen MR) is 106 cm³/mol. The minimum absolute atomic E-state index is 0.535. The minimum Gasteiger partial charge on any atom is -0.388 e. The second-order valence-electron chi connectivity index (χ2n) is 6.61. The molecule has 2 aromatic rings. The van der Waals surface area contributed by atoms with Crippen molar-refractivity contribution in [3.8, 4) is 11.1 Å². The summed E-state index contributed by atoms with van der Waals surface area (Å²) in [6, 6.07) is 14.4. The summed E-state index contributed by atoms with van der Waals surface area (Å²) in [6.07, 6.45) is 0.118. The maximum Gasteiger partial charge on any atom is 0.0802 e. The highest BCUT2D eigenvalue weighted by Gasteiger charge is 2.21. The molecule has 1 saturated heterocycles. The Bertz CT molecular complexity index is 697. The van der Waals surface area contributed by atoms with Crippen LogP contribution in [-0.4, -0.2) is 42.7 Å². The first kappa shape index (κ1) is 18.2. The Kier molecular flexibility index (Phi) is 6.00. The summed E-state index contributed by atoms with van der Waals surface area (Å²) in [5, 5.41) is 11.1. The van der Waals surface area contributed by atoms with E-state index in [1.807, 2.05) is 25.1 Å². The van der Waals surface area contributed by atoms with Crippen LogP contribution in [0.4, 0.5) is 5.69 Å². The number of benzene rings is 2. The number of nitrogens with zero attached hydrogens (tertiary/aromatic N) is 2. The standard InChI is InChI=1S/C21H27ClN2O/c1-3-20(25)19-15-17(24-12-10-23(4-2)11-13-24)14-18(21(19)22)16-8-6-5-7-9-16/h5-9,14-15,20,25H,3-4,10-13H2,1-2H3. The first-order valence-electron chi connectivity index (χ1n) is 9.18. The van der Waals surface area contributed by atoms with E-state index in [9.17, 15) is 5.11 Å². The highest BCUT2D eigenvalue weighted by molar-refractivity contribution is 6.34. The molecule has 1 N–H and O–H groups in total. The molecule has 25 heavy (non-hydrogen) atoms. The van der Waals surface area contributed by atoms with Crippen LogP contribution < -0.4 is 4.90 Å². The molecule has 0 aliphatic carbocycles. The zero-order valence-electron chi connectivity index (χ0n) is 15.1. The van der Waals surface area contributed by atoms with Crippen molar-refractivity contribution in [3.05, 3.63) is 53.1 Å². The van der Waals surface area contributed by atoms with Crippen LogP contribution in [0.5, 0.6) is 0 Å². The minimum atomic E-state index is -0.535. The predicted octanol–water partition coefficient (Wildman–Crippen LogP) is 4.59. The third-order valence-electron chi connectivity index (χ3n) is 5.10. The third kappa shape index (κ3) is 4.00. The lowest BCUT2D eigenvalue weighted by molar-refractivity contribution is 0.174. The number of hydrogen-bond donors (Lipinski definition) is 1. The van der Waals surface area contributed by atoms with E-state index in [-0.39, 0.29) is 0 Å². The quantitative estimate of drug-likeness (QED) is 0.846. The van der Waals surface area contributed by atoms with Crippen molar-refractivity contribution in [2.75, 3.05) is 37.6 Å². The first-order valence-corrected chi connectivity index (χ1v) is 9.56. The molecule has 1 fully saturated rings. The highest BCUT2D eigenvalue weighted by Crippen LogP contribution is 2.38. The summed E-state index contributed by atoms with van der Waals surface area (Å²) < 4.78 is 0. The fourth-order valence-electron chi connectivity index (χ4n) is 3.43. The van der Waals surface area contributed by atoms with Crippen molar-refractivity contribution in [2.24, 2.45) is 0 Å². The number of rotatable bonds is 5. The van der Waals surface area contributed by atoms with E-state index >= 15 is 0 Å². The van der Waals surface area contributed by atoms with Crippen molar-refractivity contribution < 1.29 is 5.11 Å². The van der Waals surface area contributed by atoms with Crippen LogP contribution in [0.2, 0.25) is 5.02 Å². The molecule has 0 spiro atoms. The van der Waals surface area contributed by atoms with Crippen LogP contribution in [0, 0.1) is 0 Å². The molecule has 1 atom stereocenters. The third-order valence-corrected chi connectivity index (χ3v) is 5.52. The maximum atomic E-state index is 10.5. The SMILES string of the molecule is CCC(O)c1cc(N2CCN(CC)CC2)cc(-c2ccccc2)c1Cl. The highest BCUT2D eigenvalue weighted by atomic mass is 35.5. The van der Waals surface area contributed by atoms with Gasteiger partial charge >= 0.3 is 0 Å². The number of likely N-dealkylation sites (N-methyl/N-ethyl adjacent to an activating group) is 1. The lowest BCUT2D eigenvalue weighted by Gasteiger charge is -2.36. The molecule has 3 nitrogen and oxygen atoms in total. The van der Waals surface area contributed by atoms with E-state index in [1.54, 1.807) is 0 Å². The number of aliphatic hydroxyl groups excluding tert-OH is 1. The van der Waals surface area contributed by atoms with E-state index in [2.05, 4.69) is 41.0 Å². The van der Waals surface area contributed by atoms with Gasteiger partial charge in [0.1, 0.15) is 0 Å². The lowest BCUT2D eigenvalue weighted by Crippen LogP contribution is -2.46. The molecule has 1 aliphatic heterocycles. The summed E-state index contributed by atoms with van der Waals surface area (Å²) in [5.41, 5.74) is 4.08. The van der Waals surface area contributed by atoms with Gasteiger partial charge < -0.3 is 14.9 Å². The Hall–Kier alpha value is -1.55. The van der Waals surface area contributed by atoms with Crippen LogP contribution in [0.25, 0.3) is 11.1 Å². The molecule has 0 amide bonds. The topological polar surface area (TPSA) is 26.7 Å². The average molecular weight is 359 g/mol. The second kappa shape index (κ2) is 8.22. The van der Waals surface area contributed by atoms with E-state index in [0.29, 0.717) is 11.4 Å². The van der Waals surface area contributed by atoms with Gasteiger partial charge in [0.2, 0.25) is 0 Å². The molecule has 0 saturated carbocycles. The van der Waals surface area contributed by atoms with E-state index in [4.69, 9.17) is 11.6 Å². The molecule has 1 aliphatic rings. The molecule has 1 unspecified atom stereocenters. The summed E-state index contributed by atoms with van der Waals surface area (Å²) in [7, 11) is 0. The van der Waals surface area contributed by atoms with Crippen LogP contribution in [0.1, 0.15) is 31.9 Å². The van der Waals surface area contributed by atoms with Gasteiger partial charge in [-0.3, -0.25) is 0 Å². The van der Waals surface area contributed by atoms with Gasteiger partial charge in [-0.15, -0.1) is 0 Å². The molecule has 0 aromatic heterocycles. The molecular formula is C21H27ClN2O. The Morgan fingerprint density at radius 2 is 1.72 bits per heavy atom. The number of piperazine rings is 1. The second-order valence-corrected chi connectivity index (χ2v) is 6.99. The summed E-state index contributed by atoms with van der Waals surface area (Å²) in [6.45, 7) is 9.45. The van der Waals surface area contributed by atoms with Gasteiger partial charge in [-0.25, -0.2) is 0 Å². The Morgan fingerprint density at radius 3 is 2.32 bits per heavy atom. The number of hydrogen-bond acceptors (Lipinski definition) is 3. The molecule has 1 heterocycles. The molecule has 2 aromatic carbocycles. The number of aliphatic hydroxyl groups is 1. The molecule has 4 heteroatoms. The monoisotopic (exact) mass is 358 g/mol. The van der Waals surface area contributed by atoms with Crippen LogP contribution in [-0.2, 0) is 0 Å². The largest absolute Gasteiger partial charge is 0.388 e. The summed E-state index contributed by atoms with van der Waals surface area (Å²) in [4.78, 5) is 4.87. The zero-order chi connectivity index (χ0) is 17.8.